The summed E-state index contributed by atoms with van der Waals surface area (Å²) in [7, 11) is 3.58. The third-order valence-electron chi connectivity index (χ3n) is 8.14. The average molecular weight is 562 g/mol. The van der Waals surface area contributed by atoms with Crippen LogP contribution in [0.15, 0.2) is 66.2 Å². The number of nitrogens with one attached hydrogen (secondary N) is 1. The molecular formula is C32H33ClFN3O3. The summed E-state index contributed by atoms with van der Waals surface area (Å²) < 4.78 is 20.3. The van der Waals surface area contributed by atoms with Gasteiger partial charge in [-0.2, -0.15) is 0 Å². The van der Waals surface area contributed by atoms with E-state index < -0.39 is 11.7 Å². The Bertz CT molecular complexity index is 1460. The van der Waals surface area contributed by atoms with Crippen LogP contribution < -0.4 is 15.8 Å². The lowest BCUT2D eigenvalue weighted by Gasteiger charge is -2.37. The van der Waals surface area contributed by atoms with Crippen LogP contribution in [0.25, 0.3) is 16.2 Å². The Hall–Kier alpha value is -3.68. The van der Waals surface area contributed by atoms with Gasteiger partial charge in [-0.25, -0.2) is 4.39 Å². The Morgan fingerprint density at radius 3 is 2.38 bits per heavy atom. The fourth-order valence-electron chi connectivity index (χ4n) is 5.86. The minimum atomic E-state index is -0.481. The molecule has 1 fully saturated rings. The topological polar surface area (TPSA) is 84.7 Å². The summed E-state index contributed by atoms with van der Waals surface area (Å²) in [5.74, 6) is -0.402. The van der Waals surface area contributed by atoms with Gasteiger partial charge in [-0.05, 0) is 79.8 Å². The molecule has 1 saturated carbocycles. The van der Waals surface area contributed by atoms with Crippen molar-refractivity contribution in [3.63, 3.8) is 0 Å². The predicted octanol–water partition coefficient (Wildman–Crippen LogP) is 5.67. The number of methoxy groups -OCH3 is 1. The molecule has 3 aromatic carbocycles. The minimum absolute atomic E-state index is 0.00541. The summed E-state index contributed by atoms with van der Waals surface area (Å²) in [6, 6.07) is 18.2. The molecule has 0 spiro atoms. The number of hydrogen-bond acceptors (Lipinski definition) is 4. The second-order valence-electron chi connectivity index (χ2n) is 10.4. The lowest BCUT2D eigenvalue weighted by Crippen LogP contribution is -2.45. The van der Waals surface area contributed by atoms with E-state index in [1.165, 1.54) is 6.07 Å². The molecule has 0 aromatic heterocycles. The largest absolute Gasteiger partial charge is 0.496 e. The molecule has 0 unspecified atom stereocenters. The molecule has 2 amide bonds. The van der Waals surface area contributed by atoms with Crippen LogP contribution in [0.2, 0.25) is 0 Å². The Morgan fingerprint density at radius 2 is 1.75 bits per heavy atom. The van der Waals surface area contributed by atoms with Crippen molar-refractivity contribution < 1.29 is 18.7 Å². The molecule has 2 aliphatic carbocycles. The summed E-state index contributed by atoms with van der Waals surface area (Å²) in [6.07, 6.45) is 3.91. The first-order chi connectivity index (χ1) is 19.3. The van der Waals surface area contributed by atoms with Crippen molar-refractivity contribution in [1.82, 2.24) is 10.2 Å². The van der Waals surface area contributed by atoms with E-state index in [2.05, 4.69) is 5.32 Å². The highest BCUT2D eigenvalue weighted by molar-refractivity contribution is 6.52. The van der Waals surface area contributed by atoms with E-state index in [-0.39, 0.29) is 17.0 Å². The van der Waals surface area contributed by atoms with Crippen molar-refractivity contribution in [2.24, 2.45) is 5.73 Å². The summed E-state index contributed by atoms with van der Waals surface area (Å²) >= 11 is 6.66. The molecule has 2 aliphatic rings. The van der Waals surface area contributed by atoms with Gasteiger partial charge in [0.2, 0.25) is 5.91 Å². The molecule has 8 heteroatoms. The Balaban J connectivity index is 1.50. The second-order valence-corrected chi connectivity index (χ2v) is 10.8. The number of halogens is 2. The number of ether oxygens (including phenoxy) is 1. The highest BCUT2D eigenvalue weighted by Crippen LogP contribution is 2.40. The van der Waals surface area contributed by atoms with E-state index >= 15 is 0 Å². The van der Waals surface area contributed by atoms with E-state index in [4.69, 9.17) is 22.1 Å². The quantitative estimate of drug-likeness (QED) is 0.371. The number of primary amides is 1. The first kappa shape index (κ1) is 27.9. The van der Waals surface area contributed by atoms with Crippen molar-refractivity contribution in [2.75, 3.05) is 14.2 Å². The summed E-state index contributed by atoms with van der Waals surface area (Å²) in [5.41, 5.74) is 10.00. The van der Waals surface area contributed by atoms with Crippen LogP contribution in [0, 0.1) is 5.82 Å². The molecule has 0 radical (unpaired) electrons. The molecule has 0 heterocycles. The summed E-state index contributed by atoms with van der Waals surface area (Å²) in [5, 5.41) is 3.55. The predicted molar refractivity (Wildman–Crippen MR) is 155 cm³/mol. The number of nitrogens with zero attached hydrogens (tertiary/aromatic N) is 1. The van der Waals surface area contributed by atoms with Crippen molar-refractivity contribution in [1.29, 1.82) is 0 Å². The highest BCUT2D eigenvalue weighted by atomic mass is 35.5. The number of benzene rings is 3. The number of carbonyl (C=O) groups excluding carboxylic acids is 2. The van der Waals surface area contributed by atoms with Crippen LogP contribution in [-0.4, -0.2) is 43.0 Å². The number of rotatable bonds is 8. The lowest BCUT2D eigenvalue weighted by molar-refractivity contribution is -0.130. The van der Waals surface area contributed by atoms with Gasteiger partial charge in [0.1, 0.15) is 11.6 Å². The van der Waals surface area contributed by atoms with Gasteiger partial charge in [-0.3, -0.25) is 9.59 Å². The molecule has 0 saturated heterocycles. The Kier molecular flexibility index (Phi) is 8.24. The number of fused-ring (bicyclic) bond motifs is 1. The van der Waals surface area contributed by atoms with E-state index in [1.807, 2.05) is 48.3 Å². The van der Waals surface area contributed by atoms with Gasteiger partial charge >= 0.3 is 0 Å². The van der Waals surface area contributed by atoms with Crippen molar-refractivity contribution >= 4 is 28.4 Å². The molecule has 6 nitrogen and oxygen atoms in total. The Labute approximate surface area is 239 Å². The molecule has 0 atom stereocenters. The molecule has 3 N–H and O–H groups in total. The maximum Gasteiger partial charge on any atom is 0.252 e. The fraction of sp³-hybridized carbons (Fsp3) is 0.312. The zero-order valence-electron chi connectivity index (χ0n) is 22.7. The maximum absolute atomic E-state index is 14.6. The van der Waals surface area contributed by atoms with E-state index in [0.29, 0.717) is 41.5 Å². The fourth-order valence-corrected chi connectivity index (χ4v) is 6.22. The van der Waals surface area contributed by atoms with Gasteiger partial charge in [0.25, 0.3) is 5.91 Å². The number of hydrogen-bond donors (Lipinski definition) is 2. The first-order valence-corrected chi connectivity index (χ1v) is 13.9. The molecule has 0 bridgehead atoms. The van der Waals surface area contributed by atoms with Crippen LogP contribution in [0.5, 0.6) is 5.75 Å². The van der Waals surface area contributed by atoms with Crippen LogP contribution in [-0.2, 0) is 17.8 Å². The monoisotopic (exact) mass is 561 g/mol. The zero-order chi connectivity index (χ0) is 28.4. The van der Waals surface area contributed by atoms with Gasteiger partial charge in [-0.15, -0.1) is 0 Å². The second kappa shape index (κ2) is 11.8. The van der Waals surface area contributed by atoms with Gasteiger partial charge in [0.05, 0.1) is 12.1 Å². The van der Waals surface area contributed by atoms with Gasteiger partial charge < -0.3 is 20.7 Å². The normalized spacial score (nSPS) is 18.4. The number of amides is 2. The van der Waals surface area contributed by atoms with Crippen LogP contribution in [0.4, 0.5) is 4.39 Å². The standard InChI is InChI=1S/C32H33ClFN3O3/c1-36-24-11-13-25(14-12-24)37(32(39)26-17-22-4-3-5-27(34)29(22)30(26)33)18-23-16-21(10-15-28(23)40-2)19-6-8-20(9-7-19)31(35)38/h3-10,15-16,24-25,36H,11-14,17-18H2,1-2H3,(H2,35,38). The van der Waals surface area contributed by atoms with Gasteiger partial charge in [0.15, 0.2) is 0 Å². The minimum Gasteiger partial charge on any atom is -0.496 e. The van der Waals surface area contributed by atoms with E-state index in [0.717, 1.165) is 47.9 Å². The molecule has 5 rings (SSSR count). The average Bonchev–Trinajstić information content (AvgIpc) is 3.32. The van der Waals surface area contributed by atoms with Crippen LogP contribution in [0.3, 0.4) is 0 Å². The maximum atomic E-state index is 14.6. The van der Waals surface area contributed by atoms with Crippen molar-refractivity contribution in [3.05, 3.63) is 94.3 Å². The van der Waals surface area contributed by atoms with Crippen LogP contribution >= 0.6 is 11.6 Å². The highest BCUT2D eigenvalue weighted by Gasteiger charge is 2.35. The SMILES string of the molecule is CNC1CCC(N(Cc2cc(-c3ccc(C(N)=O)cc3)ccc2OC)C(=O)C2=C(Cl)c3c(F)cccc3C2)CC1. The molecule has 3 aromatic rings. The number of carbonyl (C=O) groups is 2. The molecule has 40 heavy (non-hydrogen) atoms. The lowest BCUT2D eigenvalue weighted by atomic mass is 9.89. The van der Waals surface area contributed by atoms with E-state index in [1.54, 1.807) is 25.3 Å². The molecular weight excluding hydrogens is 529 g/mol. The third kappa shape index (κ3) is 5.49. The van der Waals surface area contributed by atoms with Crippen molar-refractivity contribution in [2.45, 2.75) is 50.7 Å². The van der Waals surface area contributed by atoms with E-state index in [9.17, 15) is 14.0 Å². The summed E-state index contributed by atoms with van der Waals surface area (Å²) in [6.45, 7) is 0.316. The smallest absolute Gasteiger partial charge is 0.252 e. The van der Waals surface area contributed by atoms with Gasteiger partial charge in [0, 0.05) is 47.3 Å². The third-order valence-corrected chi connectivity index (χ3v) is 8.56. The molecule has 208 valence electrons. The Morgan fingerprint density at radius 1 is 1.05 bits per heavy atom. The van der Waals surface area contributed by atoms with Crippen LogP contribution in [0.1, 0.15) is 52.7 Å². The number of nitrogens with two attached hydrogens (primary N) is 1. The summed E-state index contributed by atoms with van der Waals surface area (Å²) in [4.78, 5) is 27.6. The first-order valence-electron chi connectivity index (χ1n) is 13.5. The van der Waals surface area contributed by atoms with Gasteiger partial charge in [-0.1, -0.05) is 41.9 Å². The molecule has 0 aliphatic heterocycles. The van der Waals surface area contributed by atoms with Crippen molar-refractivity contribution in [3.8, 4) is 16.9 Å². The zero-order valence-corrected chi connectivity index (χ0v) is 23.4.